The third kappa shape index (κ3) is 9.93. The van der Waals surface area contributed by atoms with Gasteiger partial charge in [0.05, 0.1) is 30.4 Å². The smallest absolute Gasteiger partial charge is 0.317 e. The summed E-state index contributed by atoms with van der Waals surface area (Å²) < 4.78 is 12.6. The van der Waals surface area contributed by atoms with Crippen molar-refractivity contribution < 1.29 is 29.0 Å². The summed E-state index contributed by atoms with van der Waals surface area (Å²) in [4.78, 5) is 46.9. The van der Waals surface area contributed by atoms with E-state index in [9.17, 15) is 19.5 Å². The van der Waals surface area contributed by atoms with E-state index in [-0.39, 0.29) is 60.7 Å². The highest BCUT2D eigenvalue weighted by Crippen LogP contribution is 2.28. The molecule has 0 saturated heterocycles. The predicted molar refractivity (Wildman–Crippen MR) is 165 cm³/mol. The van der Waals surface area contributed by atoms with Gasteiger partial charge >= 0.3 is 6.03 Å². The van der Waals surface area contributed by atoms with Crippen LogP contribution in [0.2, 0.25) is 0 Å². The third-order valence-electron chi connectivity index (χ3n) is 7.46. The van der Waals surface area contributed by atoms with Crippen molar-refractivity contribution >= 4 is 23.5 Å². The van der Waals surface area contributed by atoms with Gasteiger partial charge in [0, 0.05) is 62.3 Å². The number of aliphatic hydroxyl groups excluding tert-OH is 1. The Morgan fingerprint density at radius 1 is 1.14 bits per heavy atom. The number of hydrogen-bond acceptors (Lipinski definition) is 7. The van der Waals surface area contributed by atoms with E-state index in [1.165, 1.54) is 12.4 Å². The topological polar surface area (TPSA) is 133 Å². The van der Waals surface area contributed by atoms with Crippen LogP contribution in [0.15, 0.2) is 42.7 Å². The Kier molecular flexibility index (Phi) is 12.8. The Morgan fingerprint density at radius 2 is 1.86 bits per heavy atom. The van der Waals surface area contributed by atoms with Crippen LogP contribution >= 0.6 is 0 Å². The number of ether oxygens (including phenoxy) is 2. The molecule has 0 unspecified atom stereocenters. The lowest BCUT2D eigenvalue weighted by Gasteiger charge is -2.36. The molecule has 1 aliphatic rings. The molecule has 3 rings (SSSR count). The number of amides is 4. The van der Waals surface area contributed by atoms with Gasteiger partial charge in [0.1, 0.15) is 5.75 Å². The van der Waals surface area contributed by atoms with Crippen LogP contribution in [0.25, 0.3) is 0 Å². The van der Waals surface area contributed by atoms with E-state index in [1.807, 2.05) is 27.7 Å². The minimum absolute atomic E-state index is 0.000505. The van der Waals surface area contributed by atoms with Crippen LogP contribution in [0.1, 0.15) is 74.6 Å². The summed E-state index contributed by atoms with van der Waals surface area (Å²) >= 11 is 0. The first-order valence-electron chi connectivity index (χ1n) is 15.1. The van der Waals surface area contributed by atoms with Crippen molar-refractivity contribution in [2.24, 2.45) is 5.92 Å². The van der Waals surface area contributed by atoms with Gasteiger partial charge in [0.15, 0.2) is 0 Å². The molecule has 0 fully saturated rings. The molecule has 236 valence electrons. The molecule has 0 spiro atoms. The fourth-order valence-electron chi connectivity index (χ4n) is 4.88. The van der Waals surface area contributed by atoms with Crippen LogP contribution in [0.3, 0.4) is 0 Å². The van der Waals surface area contributed by atoms with E-state index in [0.29, 0.717) is 30.2 Å². The number of aliphatic hydroxyl groups is 1. The van der Waals surface area contributed by atoms with Gasteiger partial charge in [-0.2, -0.15) is 0 Å². The number of rotatable bonds is 7. The van der Waals surface area contributed by atoms with Crippen molar-refractivity contribution in [3.8, 4) is 5.75 Å². The minimum atomic E-state index is -0.509. The molecule has 11 nitrogen and oxygen atoms in total. The number of fused-ring (bicyclic) bond motifs is 1. The first-order valence-corrected chi connectivity index (χ1v) is 15.1. The van der Waals surface area contributed by atoms with Crippen LogP contribution < -0.4 is 15.4 Å². The number of nitrogens with zero attached hydrogens (tertiary/aromatic N) is 3. The molecular weight excluding hydrogens is 550 g/mol. The lowest BCUT2D eigenvalue weighted by atomic mass is 10.0. The van der Waals surface area contributed by atoms with E-state index in [1.54, 1.807) is 54.1 Å². The molecule has 0 aliphatic carbocycles. The number of carbonyl (C=O) groups excluding carboxylic acids is 3. The van der Waals surface area contributed by atoms with Crippen molar-refractivity contribution in [3.05, 3.63) is 53.9 Å². The number of urea groups is 1. The largest absolute Gasteiger partial charge is 0.490 e. The Balaban J connectivity index is 1.94. The number of benzene rings is 1. The van der Waals surface area contributed by atoms with Gasteiger partial charge in [-0.3, -0.25) is 14.6 Å². The monoisotopic (exact) mass is 597 g/mol. The lowest BCUT2D eigenvalue weighted by Crippen LogP contribution is -2.49. The molecule has 1 aliphatic heterocycles. The fraction of sp³-hybridized carbons (Fsp3) is 0.562. The quantitative estimate of drug-likeness (QED) is 0.436. The van der Waals surface area contributed by atoms with Crippen LogP contribution in [-0.2, 0) is 4.74 Å². The maximum Gasteiger partial charge on any atom is 0.317 e. The van der Waals surface area contributed by atoms with Crippen molar-refractivity contribution in [1.29, 1.82) is 0 Å². The summed E-state index contributed by atoms with van der Waals surface area (Å²) in [5.41, 5.74) is 1.17. The standard InChI is InChI=1S/C32H47N5O6/c1-21(2)34-32(41)36(6)19-29-22(3)18-37(23(4)20-38)31(40)27-17-26(35-30(39)25-12-14-33-15-13-25)10-11-28(27)43-24(5)9-7-8-16-42-29/h10-15,17,21-24,29,38H,7-9,16,18-20H2,1-6H3,(H,34,41)(H,35,39)/t22-,23-,24-,29+/m0/s1. The van der Waals surface area contributed by atoms with Gasteiger partial charge in [-0.1, -0.05) is 6.92 Å². The molecule has 0 radical (unpaired) electrons. The van der Waals surface area contributed by atoms with Gasteiger partial charge in [-0.15, -0.1) is 0 Å². The summed E-state index contributed by atoms with van der Waals surface area (Å²) in [6.07, 6.45) is 5.01. The normalized spacial score (nSPS) is 20.8. The fourth-order valence-corrected chi connectivity index (χ4v) is 4.88. The van der Waals surface area contributed by atoms with Gasteiger partial charge in [-0.05, 0) is 77.3 Å². The first-order chi connectivity index (χ1) is 20.5. The van der Waals surface area contributed by atoms with E-state index < -0.39 is 6.04 Å². The molecular formula is C32H47N5O6. The average Bonchev–Trinajstić information content (AvgIpc) is 2.98. The van der Waals surface area contributed by atoms with Crippen molar-refractivity contribution in [1.82, 2.24) is 20.1 Å². The number of likely N-dealkylation sites (N-methyl/N-ethyl adjacent to an activating group) is 1. The van der Waals surface area contributed by atoms with Gasteiger partial charge in [0.2, 0.25) is 0 Å². The van der Waals surface area contributed by atoms with Gasteiger partial charge in [-0.25, -0.2) is 4.79 Å². The summed E-state index contributed by atoms with van der Waals surface area (Å²) in [5, 5.41) is 15.9. The number of carbonyl (C=O) groups is 3. The van der Waals surface area contributed by atoms with Crippen molar-refractivity contribution in [3.63, 3.8) is 0 Å². The zero-order valence-electron chi connectivity index (χ0n) is 26.2. The molecule has 0 saturated carbocycles. The number of anilines is 1. The Bertz CT molecular complexity index is 1210. The highest BCUT2D eigenvalue weighted by molar-refractivity contribution is 6.05. The highest BCUT2D eigenvalue weighted by atomic mass is 16.5. The molecule has 4 atom stereocenters. The maximum absolute atomic E-state index is 14.2. The molecule has 1 aromatic heterocycles. The Hall–Kier alpha value is -3.70. The first kappa shape index (κ1) is 33.8. The van der Waals surface area contributed by atoms with E-state index in [4.69, 9.17) is 9.47 Å². The lowest BCUT2D eigenvalue weighted by molar-refractivity contribution is -0.0122. The van der Waals surface area contributed by atoms with Crippen molar-refractivity contribution in [2.75, 3.05) is 38.7 Å². The SMILES string of the molecule is CC(C)NC(=O)N(C)C[C@H]1OCCCC[C@H](C)Oc2ccc(NC(=O)c3ccncc3)cc2C(=O)N([C@@H](C)CO)C[C@@H]1C. The Morgan fingerprint density at radius 3 is 2.53 bits per heavy atom. The van der Waals surface area contributed by atoms with E-state index in [2.05, 4.69) is 15.6 Å². The van der Waals surface area contributed by atoms with Gasteiger partial charge in [0.25, 0.3) is 11.8 Å². The highest BCUT2D eigenvalue weighted by Gasteiger charge is 2.31. The molecule has 11 heteroatoms. The minimum Gasteiger partial charge on any atom is -0.490 e. The number of pyridine rings is 1. The molecule has 3 N–H and O–H groups in total. The molecule has 0 bridgehead atoms. The molecule has 43 heavy (non-hydrogen) atoms. The summed E-state index contributed by atoms with van der Waals surface area (Å²) in [6, 6.07) is 7.56. The second kappa shape index (κ2) is 16.2. The Labute approximate surface area is 254 Å². The van der Waals surface area contributed by atoms with E-state index >= 15 is 0 Å². The molecule has 2 heterocycles. The summed E-state index contributed by atoms with van der Waals surface area (Å²) in [5.74, 6) is -0.424. The summed E-state index contributed by atoms with van der Waals surface area (Å²) in [7, 11) is 1.73. The van der Waals surface area contributed by atoms with Crippen LogP contribution in [-0.4, -0.2) is 95.4 Å². The van der Waals surface area contributed by atoms with Crippen LogP contribution in [0, 0.1) is 5.92 Å². The number of aromatic nitrogens is 1. The maximum atomic E-state index is 14.2. The zero-order chi connectivity index (χ0) is 31.5. The van der Waals surface area contributed by atoms with Crippen molar-refractivity contribution in [2.45, 2.75) is 78.2 Å². The van der Waals surface area contributed by atoms with Crippen LogP contribution in [0.4, 0.5) is 10.5 Å². The summed E-state index contributed by atoms with van der Waals surface area (Å²) in [6.45, 7) is 10.4. The number of nitrogens with one attached hydrogen (secondary N) is 2. The van der Waals surface area contributed by atoms with Crippen LogP contribution in [0.5, 0.6) is 5.75 Å². The zero-order valence-corrected chi connectivity index (χ0v) is 26.2. The second-order valence-corrected chi connectivity index (χ2v) is 11.7. The average molecular weight is 598 g/mol. The predicted octanol–water partition coefficient (Wildman–Crippen LogP) is 4.18. The molecule has 4 amide bonds. The molecule has 1 aromatic carbocycles. The number of hydrogen-bond donors (Lipinski definition) is 3. The third-order valence-corrected chi connectivity index (χ3v) is 7.46. The van der Waals surface area contributed by atoms with Gasteiger partial charge < -0.3 is 35.0 Å². The molecule has 2 aromatic rings. The van der Waals surface area contributed by atoms with E-state index in [0.717, 1.165) is 19.3 Å². The second-order valence-electron chi connectivity index (χ2n) is 11.7.